The largest absolute Gasteiger partial charge is 0.425 e. The lowest BCUT2D eigenvalue weighted by Gasteiger charge is -2.16. The summed E-state index contributed by atoms with van der Waals surface area (Å²) in [5.41, 5.74) is 0.942. The molecule has 1 saturated carbocycles. The third-order valence-corrected chi connectivity index (χ3v) is 3.97. The molecular formula is C20H20N2O4. The fraction of sp³-hybridized carbons (Fsp3) is 0.250. The number of hydrogen-bond acceptors (Lipinski definition) is 4. The zero-order valence-electron chi connectivity index (χ0n) is 14.5. The van der Waals surface area contributed by atoms with Crippen LogP contribution in [0.4, 0.5) is 0 Å². The number of benzene rings is 2. The summed E-state index contributed by atoms with van der Waals surface area (Å²) >= 11 is 0. The van der Waals surface area contributed by atoms with E-state index < -0.39 is 5.97 Å². The van der Waals surface area contributed by atoms with Crippen molar-refractivity contribution < 1.29 is 19.1 Å². The topological polar surface area (TPSA) is 75.7 Å². The molecule has 0 atom stereocenters. The second-order valence-corrected chi connectivity index (χ2v) is 6.28. The van der Waals surface area contributed by atoms with Crippen LogP contribution in [0.2, 0.25) is 0 Å². The summed E-state index contributed by atoms with van der Waals surface area (Å²) in [4.78, 5) is 37.7. The third kappa shape index (κ3) is 4.69. The Labute approximate surface area is 151 Å². The molecule has 1 aliphatic carbocycles. The minimum atomic E-state index is -0.573. The van der Waals surface area contributed by atoms with Crippen LogP contribution < -0.4 is 10.1 Å². The van der Waals surface area contributed by atoms with Crippen molar-refractivity contribution in [3.8, 4) is 5.75 Å². The van der Waals surface area contributed by atoms with Crippen molar-refractivity contribution in [1.82, 2.24) is 10.2 Å². The van der Waals surface area contributed by atoms with Crippen LogP contribution in [0, 0.1) is 0 Å². The maximum Gasteiger partial charge on any atom is 0.331 e. The summed E-state index contributed by atoms with van der Waals surface area (Å²) in [5.74, 6) is -0.738. The number of rotatable bonds is 6. The van der Waals surface area contributed by atoms with Gasteiger partial charge in [0.1, 0.15) is 12.3 Å². The predicted octanol–water partition coefficient (Wildman–Crippen LogP) is 2.26. The lowest BCUT2D eigenvalue weighted by molar-refractivity contribution is -0.134. The minimum Gasteiger partial charge on any atom is -0.425 e. The molecule has 0 heterocycles. The molecule has 0 aliphatic heterocycles. The van der Waals surface area contributed by atoms with Gasteiger partial charge in [-0.3, -0.25) is 9.59 Å². The molecule has 2 aromatic rings. The van der Waals surface area contributed by atoms with Crippen molar-refractivity contribution in [2.45, 2.75) is 18.9 Å². The summed E-state index contributed by atoms with van der Waals surface area (Å²) in [7, 11) is 1.54. The molecule has 6 heteroatoms. The highest BCUT2D eigenvalue weighted by molar-refractivity contribution is 5.96. The van der Waals surface area contributed by atoms with Gasteiger partial charge in [-0.1, -0.05) is 24.3 Å². The first-order chi connectivity index (χ1) is 12.5. The van der Waals surface area contributed by atoms with Crippen LogP contribution in [0.3, 0.4) is 0 Å². The molecule has 2 aromatic carbocycles. The lowest BCUT2D eigenvalue weighted by Crippen LogP contribution is -2.34. The molecule has 1 aliphatic rings. The highest BCUT2D eigenvalue weighted by atomic mass is 16.5. The standard InChI is InChI=1S/C20H20N2O4/c1-22(20(25)14-6-3-2-4-7-14)13-18(23)26-17-9-5-8-15(12-17)19(24)21-16-10-11-16/h2-9,12,16H,10-11,13H2,1H3,(H,21,24). The first-order valence-corrected chi connectivity index (χ1v) is 8.45. The van der Waals surface area contributed by atoms with Crippen molar-refractivity contribution in [2.75, 3.05) is 13.6 Å². The first-order valence-electron chi connectivity index (χ1n) is 8.45. The molecule has 2 amide bonds. The van der Waals surface area contributed by atoms with E-state index in [1.54, 1.807) is 42.5 Å². The number of likely N-dealkylation sites (N-methyl/N-ethyl adjacent to an activating group) is 1. The van der Waals surface area contributed by atoms with E-state index in [1.165, 1.54) is 18.0 Å². The highest BCUT2D eigenvalue weighted by Gasteiger charge is 2.24. The Morgan fingerprint density at radius 1 is 1.04 bits per heavy atom. The van der Waals surface area contributed by atoms with E-state index in [0.29, 0.717) is 11.1 Å². The fourth-order valence-corrected chi connectivity index (χ4v) is 2.43. The maximum absolute atomic E-state index is 12.2. The van der Waals surface area contributed by atoms with Crippen LogP contribution in [0.15, 0.2) is 54.6 Å². The number of hydrogen-bond donors (Lipinski definition) is 1. The lowest BCUT2D eigenvalue weighted by atomic mass is 10.2. The van der Waals surface area contributed by atoms with Crippen LogP contribution in [0.5, 0.6) is 5.75 Å². The number of carbonyl (C=O) groups excluding carboxylic acids is 3. The number of nitrogens with zero attached hydrogens (tertiary/aromatic N) is 1. The molecule has 3 rings (SSSR count). The third-order valence-electron chi connectivity index (χ3n) is 3.97. The van der Waals surface area contributed by atoms with E-state index in [4.69, 9.17) is 4.74 Å². The van der Waals surface area contributed by atoms with Crippen molar-refractivity contribution >= 4 is 17.8 Å². The normalized spacial score (nSPS) is 13.0. The Morgan fingerprint density at radius 2 is 1.73 bits per heavy atom. The molecule has 0 saturated heterocycles. The van der Waals surface area contributed by atoms with E-state index in [9.17, 15) is 14.4 Å². The van der Waals surface area contributed by atoms with Crippen LogP contribution >= 0.6 is 0 Å². The number of esters is 1. The molecule has 1 fully saturated rings. The average Bonchev–Trinajstić information content (AvgIpc) is 3.45. The van der Waals surface area contributed by atoms with Gasteiger partial charge < -0.3 is 15.0 Å². The summed E-state index contributed by atoms with van der Waals surface area (Å²) in [5, 5.41) is 2.88. The van der Waals surface area contributed by atoms with Gasteiger partial charge in [0.15, 0.2) is 0 Å². The second-order valence-electron chi connectivity index (χ2n) is 6.28. The molecule has 26 heavy (non-hydrogen) atoms. The zero-order valence-corrected chi connectivity index (χ0v) is 14.5. The van der Waals surface area contributed by atoms with Crippen molar-refractivity contribution in [3.63, 3.8) is 0 Å². The monoisotopic (exact) mass is 352 g/mol. The quantitative estimate of drug-likeness (QED) is 0.639. The molecule has 0 aromatic heterocycles. The van der Waals surface area contributed by atoms with Crippen LogP contribution in [-0.2, 0) is 4.79 Å². The van der Waals surface area contributed by atoms with Crippen LogP contribution in [-0.4, -0.2) is 42.3 Å². The molecule has 0 spiro atoms. The number of nitrogens with one attached hydrogen (secondary N) is 1. The molecular weight excluding hydrogens is 332 g/mol. The Kier molecular flexibility index (Phi) is 5.31. The van der Waals surface area contributed by atoms with E-state index >= 15 is 0 Å². The van der Waals surface area contributed by atoms with E-state index in [0.717, 1.165) is 12.8 Å². The molecule has 134 valence electrons. The van der Waals surface area contributed by atoms with E-state index in [-0.39, 0.29) is 30.2 Å². The van der Waals surface area contributed by atoms with Crippen LogP contribution in [0.25, 0.3) is 0 Å². The molecule has 0 unspecified atom stereocenters. The predicted molar refractivity (Wildman–Crippen MR) is 96.0 cm³/mol. The number of ether oxygens (including phenoxy) is 1. The van der Waals surface area contributed by atoms with Crippen LogP contribution in [0.1, 0.15) is 33.6 Å². The summed E-state index contributed by atoms with van der Waals surface area (Å²) < 4.78 is 5.27. The smallest absolute Gasteiger partial charge is 0.331 e. The fourth-order valence-electron chi connectivity index (χ4n) is 2.43. The Hall–Kier alpha value is -3.15. The van der Waals surface area contributed by atoms with Gasteiger partial charge in [0.2, 0.25) is 0 Å². The SMILES string of the molecule is CN(CC(=O)Oc1cccc(C(=O)NC2CC2)c1)C(=O)c1ccccc1. The van der Waals surface area contributed by atoms with Gasteiger partial charge in [-0.15, -0.1) is 0 Å². The minimum absolute atomic E-state index is 0.179. The van der Waals surface area contributed by atoms with Gasteiger partial charge in [0.25, 0.3) is 11.8 Å². The molecule has 1 N–H and O–H groups in total. The average molecular weight is 352 g/mol. The first kappa shape index (κ1) is 17.7. The van der Waals surface area contributed by atoms with Gasteiger partial charge >= 0.3 is 5.97 Å². The highest BCUT2D eigenvalue weighted by Crippen LogP contribution is 2.20. The summed E-state index contributed by atoms with van der Waals surface area (Å²) in [6.45, 7) is -0.188. The van der Waals surface area contributed by atoms with Crippen molar-refractivity contribution in [3.05, 3.63) is 65.7 Å². The molecule has 6 nitrogen and oxygen atoms in total. The van der Waals surface area contributed by atoms with Crippen molar-refractivity contribution in [1.29, 1.82) is 0 Å². The van der Waals surface area contributed by atoms with E-state index in [1.807, 2.05) is 6.07 Å². The van der Waals surface area contributed by atoms with Gasteiger partial charge in [0.05, 0.1) is 0 Å². The second kappa shape index (κ2) is 7.82. The Balaban J connectivity index is 1.57. The van der Waals surface area contributed by atoms with E-state index in [2.05, 4.69) is 5.32 Å². The number of amides is 2. The van der Waals surface area contributed by atoms with Gasteiger partial charge in [0, 0.05) is 24.2 Å². The number of carbonyl (C=O) groups is 3. The molecule has 0 radical (unpaired) electrons. The van der Waals surface area contributed by atoms with Crippen molar-refractivity contribution in [2.24, 2.45) is 0 Å². The maximum atomic E-state index is 12.2. The summed E-state index contributed by atoms with van der Waals surface area (Å²) in [6, 6.07) is 15.4. The van der Waals surface area contributed by atoms with Gasteiger partial charge in [-0.25, -0.2) is 4.79 Å². The Bertz CT molecular complexity index is 816. The van der Waals surface area contributed by atoms with Gasteiger partial charge in [-0.2, -0.15) is 0 Å². The zero-order chi connectivity index (χ0) is 18.5. The van der Waals surface area contributed by atoms with Gasteiger partial charge in [-0.05, 0) is 43.2 Å². The Morgan fingerprint density at radius 3 is 2.42 bits per heavy atom. The molecule has 0 bridgehead atoms. The summed E-state index contributed by atoms with van der Waals surface area (Å²) in [6.07, 6.45) is 2.00.